The van der Waals surface area contributed by atoms with Gasteiger partial charge in [-0.25, -0.2) is 4.79 Å². The number of amides is 2. The molecule has 1 aromatic heterocycles. The number of hydrogen-bond donors (Lipinski definition) is 2. The van der Waals surface area contributed by atoms with Gasteiger partial charge in [-0.1, -0.05) is 58.3 Å². The smallest absolute Gasteiger partial charge is 0.319 e. The van der Waals surface area contributed by atoms with E-state index in [1.54, 1.807) is 24.5 Å². The molecule has 0 bridgehead atoms. The molecule has 0 aliphatic carbocycles. The standard InChI is InChI=1S/C17H29N3O/c1-2-3-4-5-6-7-8-9-10-13-19-17(21)20-16-11-14-18-15-12-16/h11-12,14-15H,2-10,13H2,1H3,(H2,18,19,20,21). The molecule has 0 atom stereocenters. The van der Waals surface area contributed by atoms with Crippen LogP contribution >= 0.6 is 0 Å². The van der Waals surface area contributed by atoms with Gasteiger partial charge in [-0.05, 0) is 18.6 Å². The molecule has 0 saturated heterocycles. The molecule has 21 heavy (non-hydrogen) atoms. The minimum atomic E-state index is -0.138. The second-order valence-corrected chi connectivity index (χ2v) is 5.45. The first kappa shape index (κ1) is 17.5. The third kappa shape index (κ3) is 9.88. The Labute approximate surface area is 128 Å². The zero-order chi connectivity index (χ0) is 15.2. The molecule has 0 aliphatic heterocycles. The van der Waals surface area contributed by atoms with E-state index < -0.39 is 0 Å². The number of urea groups is 1. The molecule has 4 nitrogen and oxygen atoms in total. The van der Waals surface area contributed by atoms with Crippen molar-refractivity contribution in [3.05, 3.63) is 24.5 Å². The van der Waals surface area contributed by atoms with E-state index in [4.69, 9.17) is 0 Å². The highest BCUT2D eigenvalue weighted by Gasteiger charge is 1.99. The summed E-state index contributed by atoms with van der Waals surface area (Å²) in [5, 5.41) is 5.66. The Morgan fingerprint density at radius 3 is 2.14 bits per heavy atom. The first-order chi connectivity index (χ1) is 10.3. The van der Waals surface area contributed by atoms with Crippen LogP contribution in [0.2, 0.25) is 0 Å². The third-order valence-corrected chi connectivity index (χ3v) is 3.50. The van der Waals surface area contributed by atoms with Crippen LogP contribution in [0.3, 0.4) is 0 Å². The minimum absolute atomic E-state index is 0.138. The van der Waals surface area contributed by atoms with E-state index in [-0.39, 0.29) is 6.03 Å². The van der Waals surface area contributed by atoms with Gasteiger partial charge < -0.3 is 10.6 Å². The monoisotopic (exact) mass is 291 g/mol. The number of anilines is 1. The Morgan fingerprint density at radius 1 is 0.952 bits per heavy atom. The third-order valence-electron chi connectivity index (χ3n) is 3.50. The zero-order valence-corrected chi connectivity index (χ0v) is 13.2. The predicted molar refractivity (Wildman–Crippen MR) is 88.5 cm³/mol. The fraction of sp³-hybridized carbons (Fsp3) is 0.647. The van der Waals surface area contributed by atoms with E-state index in [0.29, 0.717) is 0 Å². The molecule has 0 aliphatic rings. The summed E-state index contributed by atoms with van der Waals surface area (Å²) in [6.45, 7) is 2.99. The van der Waals surface area contributed by atoms with Gasteiger partial charge in [-0.3, -0.25) is 4.98 Å². The summed E-state index contributed by atoms with van der Waals surface area (Å²) in [4.78, 5) is 15.5. The normalized spacial score (nSPS) is 10.3. The molecule has 0 fully saturated rings. The van der Waals surface area contributed by atoms with Gasteiger partial charge in [0.15, 0.2) is 0 Å². The van der Waals surface area contributed by atoms with E-state index in [1.165, 1.54) is 51.4 Å². The van der Waals surface area contributed by atoms with Crippen LogP contribution in [0.1, 0.15) is 64.7 Å². The number of carbonyl (C=O) groups excluding carboxylic acids is 1. The van der Waals surface area contributed by atoms with E-state index in [0.717, 1.165) is 18.7 Å². The summed E-state index contributed by atoms with van der Waals surface area (Å²) in [5.41, 5.74) is 0.773. The van der Waals surface area contributed by atoms with Gasteiger partial charge in [0.25, 0.3) is 0 Å². The van der Waals surface area contributed by atoms with Gasteiger partial charge in [0, 0.05) is 24.6 Å². The highest BCUT2D eigenvalue weighted by atomic mass is 16.2. The van der Waals surface area contributed by atoms with Crippen molar-refractivity contribution in [3.63, 3.8) is 0 Å². The summed E-state index contributed by atoms with van der Waals surface area (Å²) in [7, 11) is 0. The molecule has 0 aromatic carbocycles. The highest BCUT2D eigenvalue weighted by Crippen LogP contribution is 2.09. The average Bonchev–Trinajstić information content (AvgIpc) is 2.50. The highest BCUT2D eigenvalue weighted by molar-refractivity contribution is 5.88. The Kier molecular flexibility index (Phi) is 10.1. The minimum Gasteiger partial charge on any atom is -0.338 e. The molecule has 1 heterocycles. The Hall–Kier alpha value is -1.58. The predicted octanol–water partition coefficient (Wildman–Crippen LogP) is 4.73. The summed E-state index contributed by atoms with van der Waals surface area (Å²) < 4.78 is 0. The molecule has 0 spiro atoms. The van der Waals surface area contributed by atoms with Gasteiger partial charge >= 0.3 is 6.03 Å². The average molecular weight is 291 g/mol. The molecular weight excluding hydrogens is 262 g/mol. The fourth-order valence-corrected chi connectivity index (χ4v) is 2.25. The molecule has 0 saturated carbocycles. The largest absolute Gasteiger partial charge is 0.338 e. The lowest BCUT2D eigenvalue weighted by atomic mass is 10.1. The van der Waals surface area contributed by atoms with Crippen LogP contribution in [0.15, 0.2) is 24.5 Å². The van der Waals surface area contributed by atoms with Crippen molar-refractivity contribution in [3.8, 4) is 0 Å². The van der Waals surface area contributed by atoms with Crippen molar-refractivity contribution in [2.45, 2.75) is 64.7 Å². The first-order valence-electron chi connectivity index (χ1n) is 8.28. The number of pyridine rings is 1. The lowest BCUT2D eigenvalue weighted by molar-refractivity contribution is 0.252. The van der Waals surface area contributed by atoms with Crippen molar-refractivity contribution in [2.24, 2.45) is 0 Å². The summed E-state index contributed by atoms with van der Waals surface area (Å²) in [6.07, 6.45) is 15.0. The number of nitrogens with one attached hydrogen (secondary N) is 2. The lowest BCUT2D eigenvalue weighted by Crippen LogP contribution is -2.29. The quantitative estimate of drug-likeness (QED) is 0.579. The zero-order valence-electron chi connectivity index (χ0n) is 13.2. The van der Waals surface area contributed by atoms with Gasteiger partial charge in [0.05, 0.1) is 0 Å². The maximum Gasteiger partial charge on any atom is 0.319 e. The Balaban J connectivity index is 1.89. The number of aromatic nitrogens is 1. The van der Waals surface area contributed by atoms with Gasteiger partial charge in [-0.15, -0.1) is 0 Å². The van der Waals surface area contributed by atoms with E-state index in [1.807, 2.05) is 0 Å². The number of nitrogens with zero attached hydrogens (tertiary/aromatic N) is 1. The van der Waals surface area contributed by atoms with Gasteiger partial charge in [-0.2, -0.15) is 0 Å². The second-order valence-electron chi connectivity index (χ2n) is 5.45. The summed E-state index contributed by atoms with van der Waals surface area (Å²) in [6, 6.07) is 3.41. The van der Waals surface area contributed by atoms with Gasteiger partial charge in [0.2, 0.25) is 0 Å². The second kappa shape index (κ2) is 12.2. The number of unbranched alkanes of at least 4 members (excludes halogenated alkanes) is 8. The molecule has 118 valence electrons. The number of hydrogen-bond acceptors (Lipinski definition) is 2. The lowest BCUT2D eigenvalue weighted by Gasteiger charge is -2.07. The summed E-state index contributed by atoms with van der Waals surface area (Å²) in [5.74, 6) is 0. The van der Waals surface area contributed by atoms with E-state index in [2.05, 4.69) is 22.5 Å². The Bertz CT molecular complexity index is 368. The van der Waals surface area contributed by atoms with Crippen molar-refractivity contribution in [1.29, 1.82) is 0 Å². The molecule has 1 aromatic rings. The van der Waals surface area contributed by atoms with Crippen LogP contribution in [0.4, 0.5) is 10.5 Å². The van der Waals surface area contributed by atoms with Crippen LogP contribution in [0.5, 0.6) is 0 Å². The van der Waals surface area contributed by atoms with Gasteiger partial charge in [0.1, 0.15) is 0 Å². The van der Waals surface area contributed by atoms with Crippen LogP contribution in [0, 0.1) is 0 Å². The number of carbonyl (C=O) groups is 1. The topological polar surface area (TPSA) is 54.0 Å². The number of rotatable bonds is 11. The Morgan fingerprint density at radius 2 is 1.52 bits per heavy atom. The van der Waals surface area contributed by atoms with Crippen molar-refractivity contribution in [1.82, 2.24) is 10.3 Å². The van der Waals surface area contributed by atoms with Crippen LogP contribution in [0.25, 0.3) is 0 Å². The molecule has 1 rings (SSSR count). The SMILES string of the molecule is CCCCCCCCCCCNC(=O)Nc1ccncc1. The molecule has 0 unspecified atom stereocenters. The first-order valence-corrected chi connectivity index (χ1v) is 8.28. The molecular formula is C17H29N3O. The fourth-order valence-electron chi connectivity index (χ4n) is 2.25. The molecule has 4 heteroatoms. The maximum absolute atomic E-state index is 11.6. The van der Waals surface area contributed by atoms with Crippen LogP contribution < -0.4 is 10.6 Å². The maximum atomic E-state index is 11.6. The molecule has 2 amide bonds. The van der Waals surface area contributed by atoms with Crippen LogP contribution in [-0.2, 0) is 0 Å². The van der Waals surface area contributed by atoms with Crippen LogP contribution in [-0.4, -0.2) is 17.6 Å². The molecule has 2 N–H and O–H groups in total. The van der Waals surface area contributed by atoms with E-state index in [9.17, 15) is 4.79 Å². The van der Waals surface area contributed by atoms with Crippen molar-refractivity contribution in [2.75, 3.05) is 11.9 Å². The molecule has 0 radical (unpaired) electrons. The summed E-state index contributed by atoms with van der Waals surface area (Å²) >= 11 is 0. The van der Waals surface area contributed by atoms with Crippen molar-refractivity contribution >= 4 is 11.7 Å². The van der Waals surface area contributed by atoms with Crippen molar-refractivity contribution < 1.29 is 4.79 Å². The van der Waals surface area contributed by atoms with E-state index >= 15 is 0 Å².